The number of sulfonamides is 1. The second-order valence-corrected chi connectivity index (χ2v) is 7.77. The van der Waals surface area contributed by atoms with Crippen LogP contribution >= 0.6 is 11.6 Å². The standard InChI is InChI=1S/C18H20ClNO5S/c1-2-11-25-15-7-3-13(4-8-15)17(12-18(21)22)20-26(23,24)16-9-5-14(19)6-10-16/h3-10,17,20H,2,11-12H2,1H3,(H,21,22)/p-1/t17-/m0/s1. The second kappa shape index (κ2) is 9.02. The molecule has 0 aliphatic carbocycles. The molecule has 0 bridgehead atoms. The van der Waals surface area contributed by atoms with E-state index < -0.39 is 28.5 Å². The molecule has 0 fully saturated rings. The minimum Gasteiger partial charge on any atom is -0.550 e. The number of carboxylic acids is 1. The summed E-state index contributed by atoms with van der Waals surface area (Å²) in [6, 6.07) is 11.2. The topological polar surface area (TPSA) is 95.5 Å². The molecular formula is C18H19ClNO5S-. The minimum absolute atomic E-state index is 0.00635. The maximum atomic E-state index is 12.5. The summed E-state index contributed by atoms with van der Waals surface area (Å²) in [6.07, 6.45) is 0.359. The Morgan fingerprint density at radius 2 is 1.77 bits per heavy atom. The smallest absolute Gasteiger partial charge is 0.241 e. The van der Waals surface area contributed by atoms with Crippen LogP contribution in [-0.4, -0.2) is 21.0 Å². The molecule has 0 unspecified atom stereocenters. The van der Waals surface area contributed by atoms with E-state index in [0.29, 0.717) is 22.9 Å². The fraction of sp³-hybridized carbons (Fsp3) is 0.278. The number of hydrogen-bond acceptors (Lipinski definition) is 5. The molecule has 0 aliphatic heterocycles. The molecule has 0 aromatic heterocycles. The number of carboxylic acid groups (broad SMARTS) is 1. The number of rotatable bonds is 9. The maximum Gasteiger partial charge on any atom is 0.241 e. The van der Waals surface area contributed by atoms with Crippen molar-refractivity contribution in [3.63, 3.8) is 0 Å². The molecule has 0 amide bonds. The van der Waals surface area contributed by atoms with Crippen LogP contribution in [0, 0.1) is 0 Å². The molecule has 0 radical (unpaired) electrons. The van der Waals surface area contributed by atoms with Crippen LogP contribution in [0.4, 0.5) is 0 Å². The van der Waals surface area contributed by atoms with E-state index in [-0.39, 0.29) is 4.90 Å². The van der Waals surface area contributed by atoms with Crippen LogP contribution in [0.3, 0.4) is 0 Å². The predicted octanol–water partition coefficient (Wildman–Crippen LogP) is 2.29. The molecule has 0 spiro atoms. The Bertz CT molecular complexity index is 835. The average molecular weight is 397 g/mol. The van der Waals surface area contributed by atoms with Crippen LogP contribution in [0.1, 0.15) is 31.4 Å². The van der Waals surface area contributed by atoms with Gasteiger partial charge in [0.15, 0.2) is 0 Å². The van der Waals surface area contributed by atoms with Crippen molar-refractivity contribution in [3.05, 3.63) is 59.1 Å². The van der Waals surface area contributed by atoms with Crippen molar-refractivity contribution < 1.29 is 23.1 Å². The van der Waals surface area contributed by atoms with E-state index in [1.165, 1.54) is 24.3 Å². The summed E-state index contributed by atoms with van der Waals surface area (Å²) >= 11 is 5.77. The third-order valence-corrected chi connectivity index (χ3v) is 5.29. The summed E-state index contributed by atoms with van der Waals surface area (Å²) in [5.41, 5.74) is 0.496. The van der Waals surface area contributed by atoms with Gasteiger partial charge in [0.25, 0.3) is 0 Å². The van der Waals surface area contributed by atoms with Crippen LogP contribution in [-0.2, 0) is 14.8 Å². The highest BCUT2D eigenvalue weighted by atomic mass is 35.5. The van der Waals surface area contributed by atoms with Gasteiger partial charge in [-0.25, -0.2) is 13.1 Å². The van der Waals surface area contributed by atoms with Crippen LogP contribution in [0.25, 0.3) is 0 Å². The lowest BCUT2D eigenvalue weighted by molar-refractivity contribution is -0.306. The summed E-state index contributed by atoms with van der Waals surface area (Å²) in [5, 5.41) is 11.5. The quantitative estimate of drug-likeness (QED) is 0.701. The fourth-order valence-electron chi connectivity index (χ4n) is 2.28. The van der Waals surface area contributed by atoms with Crippen molar-refractivity contribution in [3.8, 4) is 5.75 Å². The third-order valence-electron chi connectivity index (χ3n) is 3.55. The first-order valence-corrected chi connectivity index (χ1v) is 9.88. The first-order valence-electron chi connectivity index (χ1n) is 8.02. The summed E-state index contributed by atoms with van der Waals surface area (Å²) in [6.45, 7) is 2.54. The molecule has 1 atom stereocenters. The van der Waals surface area contributed by atoms with Gasteiger partial charge in [0.05, 0.1) is 17.5 Å². The van der Waals surface area contributed by atoms with E-state index in [0.717, 1.165) is 6.42 Å². The summed E-state index contributed by atoms with van der Waals surface area (Å²) in [7, 11) is -3.93. The van der Waals surface area contributed by atoms with Gasteiger partial charge >= 0.3 is 0 Å². The van der Waals surface area contributed by atoms with Crippen molar-refractivity contribution in [1.29, 1.82) is 0 Å². The number of hydrogen-bond donors (Lipinski definition) is 1. The van der Waals surface area contributed by atoms with E-state index in [2.05, 4.69) is 4.72 Å². The third kappa shape index (κ3) is 5.72. The lowest BCUT2D eigenvalue weighted by atomic mass is 10.0. The fourth-order valence-corrected chi connectivity index (χ4v) is 3.63. The largest absolute Gasteiger partial charge is 0.550 e. The molecule has 0 heterocycles. The predicted molar refractivity (Wildman–Crippen MR) is 96.4 cm³/mol. The Morgan fingerprint density at radius 3 is 2.31 bits per heavy atom. The molecule has 0 saturated heterocycles. The molecule has 2 rings (SSSR count). The Hall–Kier alpha value is -2.09. The van der Waals surface area contributed by atoms with E-state index in [9.17, 15) is 18.3 Å². The zero-order chi connectivity index (χ0) is 19.2. The molecule has 8 heteroatoms. The van der Waals surface area contributed by atoms with Crippen LogP contribution in [0.15, 0.2) is 53.4 Å². The molecule has 6 nitrogen and oxygen atoms in total. The normalized spacial score (nSPS) is 12.5. The Kier molecular flexibility index (Phi) is 7.02. The van der Waals surface area contributed by atoms with Crippen molar-refractivity contribution in [1.82, 2.24) is 4.72 Å². The van der Waals surface area contributed by atoms with Gasteiger partial charge in [-0.2, -0.15) is 0 Å². The monoisotopic (exact) mass is 396 g/mol. The van der Waals surface area contributed by atoms with E-state index in [1.54, 1.807) is 24.3 Å². The van der Waals surface area contributed by atoms with Gasteiger partial charge in [0, 0.05) is 17.4 Å². The number of carbonyl (C=O) groups is 1. The minimum atomic E-state index is -3.93. The lowest BCUT2D eigenvalue weighted by Gasteiger charge is -2.20. The van der Waals surface area contributed by atoms with Crippen LogP contribution < -0.4 is 14.6 Å². The van der Waals surface area contributed by atoms with Crippen molar-refractivity contribution in [2.45, 2.75) is 30.7 Å². The highest BCUT2D eigenvalue weighted by Gasteiger charge is 2.22. The van der Waals surface area contributed by atoms with Gasteiger partial charge in [-0.3, -0.25) is 0 Å². The summed E-state index contributed by atoms with van der Waals surface area (Å²) in [4.78, 5) is 11.1. The molecule has 0 aliphatic rings. The molecule has 26 heavy (non-hydrogen) atoms. The molecule has 2 aromatic rings. The highest BCUT2D eigenvalue weighted by Crippen LogP contribution is 2.23. The van der Waals surface area contributed by atoms with Gasteiger partial charge < -0.3 is 14.6 Å². The van der Waals surface area contributed by atoms with Crippen molar-refractivity contribution in [2.75, 3.05) is 6.61 Å². The number of nitrogens with one attached hydrogen (secondary N) is 1. The summed E-state index contributed by atoms with van der Waals surface area (Å²) in [5.74, 6) is -0.733. The number of halogens is 1. The molecule has 1 N–H and O–H groups in total. The number of benzene rings is 2. The maximum absolute atomic E-state index is 12.5. The Labute approximate surface area is 157 Å². The van der Waals surface area contributed by atoms with Gasteiger partial charge in [0.1, 0.15) is 5.75 Å². The van der Waals surface area contributed by atoms with Gasteiger partial charge in [-0.05, 0) is 48.4 Å². The van der Waals surface area contributed by atoms with Crippen LogP contribution in [0.5, 0.6) is 5.75 Å². The second-order valence-electron chi connectivity index (χ2n) is 5.62. The lowest BCUT2D eigenvalue weighted by Crippen LogP contribution is -2.34. The molecular weight excluding hydrogens is 378 g/mol. The zero-order valence-corrected chi connectivity index (χ0v) is 15.7. The number of aliphatic carboxylic acids is 1. The van der Waals surface area contributed by atoms with Gasteiger partial charge in [-0.1, -0.05) is 30.7 Å². The van der Waals surface area contributed by atoms with E-state index >= 15 is 0 Å². The SMILES string of the molecule is CCCOc1ccc([C@H](CC(=O)[O-])NS(=O)(=O)c2ccc(Cl)cc2)cc1. The highest BCUT2D eigenvalue weighted by molar-refractivity contribution is 7.89. The van der Waals surface area contributed by atoms with Crippen LogP contribution in [0.2, 0.25) is 5.02 Å². The molecule has 2 aromatic carbocycles. The van der Waals surface area contributed by atoms with Gasteiger partial charge in [0.2, 0.25) is 10.0 Å². The summed E-state index contributed by atoms with van der Waals surface area (Å²) < 4.78 is 32.9. The van der Waals surface area contributed by atoms with Crippen molar-refractivity contribution in [2.24, 2.45) is 0 Å². The molecule has 140 valence electrons. The zero-order valence-electron chi connectivity index (χ0n) is 14.1. The first-order chi connectivity index (χ1) is 12.3. The first kappa shape index (κ1) is 20.2. The van der Waals surface area contributed by atoms with Crippen molar-refractivity contribution >= 4 is 27.6 Å². The Balaban J connectivity index is 2.24. The van der Waals surface area contributed by atoms with E-state index in [1.807, 2.05) is 6.92 Å². The molecule has 0 saturated carbocycles. The number of ether oxygens (including phenoxy) is 1. The van der Waals surface area contributed by atoms with Gasteiger partial charge in [-0.15, -0.1) is 0 Å². The van der Waals surface area contributed by atoms with E-state index in [4.69, 9.17) is 16.3 Å². The Morgan fingerprint density at radius 1 is 1.15 bits per heavy atom. The number of carbonyl (C=O) groups excluding carboxylic acids is 1. The average Bonchev–Trinajstić information content (AvgIpc) is 2.59.